The molecule has 114 valence electrons. The monoisotopic (exact) mass is 355 g/mol. The smallest absolute Gasteiger partial charge is 0.300 e. The molecule has 7 heteroatoms. The summed E-state index contributed by atoms with van der Waals surface area (Å²) in [5.41, 5.74) is 1.38. The Balaban J connectivity index is 0.000000361. The van der Waals surface area contributed by atoms with Crippen molar-refractivity contribution < 1.29 is 14.7 Å². The maximum Gasteiger partial charge on any atom is 0.300 e. The van der Waals surface area contributed by atoms with Gasteiger partial charge in [-0.2, -0.15) is 0 Å². The van der Waals surface area contributed by atoms with Gasteiger partial charge in [-0.05, 0) is 31.3 Å². The highest BCUT2D eigenvalue weighted by Gasteiger charge is 2.38. The second-order valence-corrected chi connectivity index (χ2v) is 6.04. The molecule has 0 radical (unpaired) electrons. The van der Waals surface area contributed by atoms with Crippen LogP contribution in [0.25, 0.3) is 0 Å². The summed E-state index contributed by atoms with van der Waals surface area (Å²) < 4.78 is 0.925. The summed E-state index contributed by atoms with van der Waals surface area (Å²) in [7, 11) is 0. The summed E-state index contributed by atoms with van der Waals surface area (Å²) in [4.78, 5) is 21.1. The predicted octanol–water partition coefficient (Wildman–Crippen LogP) is 1.77. The van der Waals surface area contributed by atoms with Crippen LogP contribution < -0.4 is 16.0 Å². The highest BCUT2D eigenvalue weighted by molar-refractivity contribution is 9.10. The number of rotatable bonds is 0. The number of anilines is 1. The van der Waals surface area contributed by atoms with Gasteiger partial charge in [-0.15, -0.1) is 0 Å². The number of benzene rings is 1. The van der Waals surface area contributed by atoms with E-state index in [4.69, 9.17) is 9.90 Å². The van der Waals surface area contributed by atoms with Crippen LogP contribution in [0.3, 0.4) is 0 Å². The van der Waals surface area contributed by atoms with Crippen molar-refractivity contribution in [1.82, 2.24) is 10.6 Å². The second-order valence-electron chi connectivity index (χ2n) is 5.12. The van der Waals surface area contributed by atoms with Gasteiger partial charge in [0.2, 0.25) is 0 Å². The molecule has 0 atom stereocenters. The van der Waals surface area contributed by atoms with Crippen molar-refractivity contribution in [3.8, 4) is 0 Å². The molecular weight excluding hydrogens is 338 g/mol. The van der Waals surface area contributed by atoms with Crippen molar-refractivity contribution >= 4 is 33.5 Å². The minimum atomic E-state index is -0.833. The lowest BCUT2D eigenvalue weighted by Crippen LogP contribution is -2.61. The second kappa shape index (κ2) is 6.44. The van der Waals surface area contributed by atoms with Gasteiger partial charge in [0.25, 0.3) is 11.9 Å². The maximum atomic E-state index is 12.1. The molecule has 4 N–H and O–H groups in total. The van der Waals surface area contributed by atoms with Crippen LogP contribution in [-0.4, -0.2) is 35.7 Å². The molecule has 0 unspecified atom stereocenters. The molecule has 1 aromatic rings. The third kappa shape index (κ3) is 3.95. The lowest BCUT2D eigenvalue weighted by molar-refractivity contribution is -0.134. The van der Waals surface area contributed by atoms with E-state index in [1.807, 2.05) is 18.2 Å². The molecule has 2 heterocycles. The van der Waals surface area contributed by atoms with E-state index in [1.165, 1.54) is 0 Å². The molecular formula is C14H18BrN3O3. The number of hydrogen-bond acceptors (Lipinski definition) is 4. The lowest BCUT2D eigenvalue weighted by atomic mass is 9.93. The number of nitrogens with one attached hydrogen (secondary N) is 3. The molecule has 1 saturated heterocycles. The van der Waals surface area contributed by atoms with Gasteiger partial charge in [0, 0.05) is 29.9 Å². The molecule has 1 spiro atoms. The molecule has 3 rings (SSSR count). The molecule has 2 aliphatic rings. The normalized spacial score (nSPS) is 18.7. The van der Waals surface area contributed by atoms with E-state index in [1.54, 1.807) is 0 Å². The van der Waals surface area contributed by atoms with Crippen molar-refractivity contribution in [2.75, 3.05) is 18.4 Å². The van der Waals surface area contributed by atoms with Crippen LogP contribution in [0.15, 0.2) is 22.7 Å². The fourth-order valence-electron chi connectivity index (χ4n) is 2.49. The minimum absolute atomic E-state index is 0.0157. The topological polar surface area (TPSA) is 90.5 Å². The third-order valence-electron chi connectivity index (χ3n) is 3.41. The zero-order chi connectivity index (χ0) is 15.5. The number of carbonyl (C=O) groups is 2. The van der Waals surface area contributed by atoms with Crippen molar-refractivity contribution in [3.63, 3.8) is 0 Å². The molecule has 1 amide bonds. The Kier molecular flexibility index (Phi) is 4.84. The standard InChI is InChI=1S/C12H14BrN3O.C2H4O2/c13-8-1-2-10-9(7-8)11(17)16-12(15-10)3-5-14-6-4-12;1-2(3)4/h1-2,7,14-15H,3-6H2,(H,16,17);1H3,(H,3,4). The number of piperidine rings is 1. The van der Waals surface area contributed by atoms with Crippen LogP contribution in [0.2, 0.25) is 0 Å². The summed E-state index contributed by atoms with van der Waals surface area (Å²) in [5.74, 6) is -0.818. The van der Waals surface area contributed by atoms with Gasteiger partial charge < -0.3 is 21.1 Å². The van der Waals surface area contributed by atoms with Crippen LogP contribution in [0.1, 0.15) is 30.1 Å². The van der Waals surface area contributed by atoms with Gasteiger partial charge in [-0.1, -0.05) is 15.9 Å². The van der Waals surface area contributed by atoms with E-state index in [0.717, 1.165) is 43.0 Å². The molecule has 0 aliphatic carbocycles. The van der Waals surface area contributed by atoms with E-state index in [2.05, 4.69) is 31.9 Å². The van der Waals surface area contributed by atoms with Crippen molar-refractivity contribution in [2.24, 2.45) is 0 Å². The SMILES string of the molecule is CC(=O)O.O=C1NC2(CCNCC2)Nc2ccc(Br)cc21. The highest BCUT2D eigenvalue weighted by atomic mass is 79.9. The zero-order valence-corrected chi connectivity index (χ0v) is 13.3. The van der Waals surface area contributed by atoms with E-state index >= 15 is 0 Å². The van der Waals surface area contributed by atoms with Crippen LogP contribution in [0, 0.1) is 0 Å². The summed E-state index contributed by atoms with van der Waals surface area (Å²) >= 11 is 3.39. The molecule has 6 nitrogen and oxygen atoms in total. The fourth-order valence-corrected chi connectivity index (χ4v) is 2.85. The van der Waals surface area contributed by atoms with Gasteiger partial charge in [0.15, 0.2) is 0 Å². The summed E-state index contributed by atoms with van der Waals surface area (Å²) in [6, 6.07) is 5.77. The Bertz CT molecular complexity index is 552. The quantitative estimate of drug-likeness (QED) is 0.569. The van der Waals surface area contributed by atoms with Crippen molar-refractivity contribution in [1.29, 1.82) is 0 Å². The first-order chi connectivity index (χ1) is 9.92. The number of halogens is 1. The Morgan fingerprint density at radius 3 is 2.52 bits per heavy atom. The number of carboxylic acids is 1. The zero-order valence-electron chi connectivity index (χ0n) is 11.7. The fraction of sp³-hybridized carbons (Fsp3) is 0.429. The van der Waals surface area contributed by atoms with Gasteiger partial charge in [-0.3, -0.25) is 9.59 Å². The lowest BCUT2D eigenvalue weighted by Gasteiger charge is -2.43. The average molecular weight is 356 g/mol. The maximum absolute atomic E-state index is 12.1. The van der Waals surface area contributed by atoms with E-state index in [-0.39, 0.29) is 11.6 Å². The number of aliphatic carboxylic acids is 1. The first-order valence-corrected chi connectivity index (χ1v) is 7.52. The van der Waals surface area contributed by atoms with Crippen LogP contribution in [0.5, 0.6) is 0 Å². The summed E-state index contributed by atoms with van der Waals surface area (Å²) in [6.07, 6.45) is 1.82. The predicted molar refractivity (Wildman–Crippen MR) is 83.4 cm³/mol. The minimum Gasteiger partial charge on any atom is -0.481 e. The van der Waals surface area contributed by atoms with E-state index < -0.39 is 5.97 Å². The number of carbonyl (C=O) groups excluding carboxylic acids is 1. The summed E-state index contributed by atoms with van der Waals surface area (Å²) in [5, 5.41) is 17.3. The first kappa shape index (κ1) is 15.8. The number of fused-ring (bicyclic) bond motifs is 1. The first-order valence-electron chi connectivity index (χ1n) is 6.72. The van der Waals surface area contributed by atoms with Gasteiger partial charge >= 0.3 is 0 Å². The molecule has 2 aliphatic heterocycles. The number of carboxylic acid groups (broad SMARTS) is 1. The molecule has 1 aromatic carbocycles. The number of amides is 1. The Hall–Kier alpha value is -1.60. The van der Waals surface area contributed by atoms with Gasteiger partial charge in [0.05, 0.1) is 5.56 Å². The van der Waals surface area contributed by atoms with Gasteiger partial charge in [0.1, 0.15) is 5.66 Å². The van der Waals surface area contributed by atoms with E-state index in [9.17, 15) is 4.79 Å². The van der Waals surface area contributed by atoms with Crippen LogP contribution >= 0.6 is 15.9 Å². The van der Waals surface area contributed by atoms with Crippen LogP contribution in [-0.2, 0) is 4.79 Å². The van der Waals surface area contributed by atoms with E-state index in [0.29, 0.717) is 5.56 Å². The largest absolute Gasteiger partial charge is 0.481 e. The molecule has 0 bridgehead atoms. The highest BCUT2D eigenvalue weighted by Crippen LogP contribution is 2.31. The Labute approximate surface area is 131 Å². The summed E-state index contributed by atoms with van der Waals surface area (Å²) in [6.45, 7) is 2.94. The molecule has 0 saturated carbocycles. The van der Waals surface area contributed by atoms with Gasteiger partial charge in [-0.25, -0.2) is 0 Å². The molecule has 21 heavy (non-hydrogen) atoms. The molecule has 0 aromatic heterocycles. The van der Waals surface area contributed by atoms with Crippen molar-refractivity contribution in [3.05, 3.63) is 28.2 Å². The van der Waals surface area contributed by atoms with Crippen LogP contribution in [0.4, 0.5) is 5.69 Å². The number of hydrogen-bond donors (Lipinski definition) is 4. The Morgan fingerprint density at radius 2 is 1.90 bits per heavy atom. The molecule has 1 fully saturated rings. The third-order valence-corrected chi connectivity index (χ3v) is 3.90. The van der Waals surface area contributed by atoms with Crippen molar-refractivity contribution in [2.45, 2.75) is 25.4 Å². The Morgan fingerprint density at radius 1 is 1.29 bits per heavy atom. The average Bonchev–Trinajstić information content (AvgIpc) is 2.40.